The molecule has 0 bridgehead atoms. The first kappa shape index (κ1) is 13.6. The van der Waals surface area contributed by atoms with Gasteiger partial charge in [-0.2, -0.15) is 5.10 Å². The van der Waals surface area contributed by atoms with Gasteiger partial charge in [-0.15, -0.1) is 0 Å². The number of ether oxygens (including phenoxy) is 1. The number of rotatable bonds is 4. The average Bonchev–Trinajstić information content (AvgIpc) is 2.76. The van der Waals surface area contributed by atoms with E-state index in [1.807, 2.05) is 0 Å². The fraction of sp³-hybridized carbons (Fsp3) is 0.562. The third-order valence-corrected chi connectivity index (χ3v) is 4.04. The Morgan fingerprint density at radius 2 is 1.95 bits per heavy atom. The van der Waals surface area contributed by atoms with Crippen molar-refractivity contribution in [1.82, 2.24) is 14.7 Å². The second-order valence-corrected chi connectivity index (χ2v) is 5.64. The van der Waals surface area contributed by atoms with E-state index >= 15 is 0 Å². The second kappa shape index (κ2) is 5.94. The molecule has 0 saturated carbocycles. The maximum atomic E-state index is 5.38. The lowest BCUT2D eigenvalue weighted by molar-refractivity contribution is 0.0368. The molecule has 1 fully saturated rings. The van der Waals surface area contributed by atoms with E-state index in [0.717, 1.165) is 51.5 Å². The zero-order valence-electron chi connectivity index (χ0n) is 12.4. The maximum Gasteiger partial charge on any atom is 0.0687 e. The predicted octanol–water partition coefficient (Wildman–Crippen LogP) is 2.38. The summed E-state index contributed by atoms with van der Waals surface area (Å²) >= 11 is 0. The van der Waals surface area contributed by atoms with Gasteiger partial charge in [0.2, 0.25) is 0 Å². The normalized spacial score (nSPS) is 16.9. The van der Waals surface area contributed by atoms with Gasteiger partial charge in [-0.1, -0.05) is 12.1 Å². The minimum Gasteiger partial charge on any atom is -0.379 e. The van der Waals surface area contributed by atoms with Gasteiger partial charge in [0.15, 0.2) is 0 Å². The van der Waals surface area contributed by atoms with Crippen molar-refractivity contribution in [3.63, 3.8) is 0 Å². The minimum atomic E-state index is 0.878. The molecule has 0 amide bonds. The van der Waals surface area contributed by atoms with Crippen LogP contribution in [0.15, 0.2) is 18.2 Å². The van der Waals surface area contributed by atoms with Gasteiger partial charge in [-0.25, -0.2) is 0 Å². The molecule has 0 atom stereocenters. The highest BCUT2D eigenvalue weighted by molar-refractivity contribution is 5.82. The fourth-order valence-electron chi connectivity index (χ4n) is 2.89. The van der Waals surface area contributed by atoms with Crippen molar-refractivity contribution in [2.75, 3.05) is 32.8 Å². The maximum absolute atomic E-state index is 5.38. The van der Waals surface area contributed by atoms with E-state index in [9.17, 15) is 0 Å². The second-order valence-electron chi connectivity index (χ2n) is 5.64. The van der Waals surface area contributed by atoms with Crippen LogP contribution in [-0.4, -0.2) is 47.5 Å². The van der Waals surface area contributed by atoms with Crippen LogP contribution < -0.4 is 0 Å². The Bertz CT molecular complexity index is 585. The molecule has 108 valence electrons. The molecule has 20 heavy (non-hydrogen) atoms. The summed E-state index contributed by atoms with van der Waals surface area (Å²) in [5.41, 5.74) is 3.70. The summed E-state index contributed by atoms with van der Waals surface area (Å²) in [5.74, 6) is 0. The highest BCUT2D eigenvalue weighted by Crippen LogP contribution is 2.19. The van der Waals surface area contributed by atoms with Gasteiger partial charge < -0.3 is 4.74 Å². The SMILES string of the molecule is Cc1ccc2c(C)nn(CCCN3CCOCC3)c2c1. The standard InChI is InChI=1S/C16H23N3O/c1-13-4-5-15-14(2)17-19(16(15)12-13)7-3-6-18-8-10-20-11-9-18/h4-5,12H,3,6-11H2,1-2H3. The number of fused-ring (bicyclic) bond motifs is 1. The largest absolute Gasteiger partial charge is 0.379 e. The number of hydrogen-bond acceptors (Lipinski definition) is 3. The van der Waals surface area contributed by atoms with E-state index < -0.39 is 0 Å². The summed E-state index contributed by atoms with van der Waals surface area (Å²) in [4.78, 5) is 2.48. The molecule has 1 aromatic heterocycles. The predicted molar refractivity (Wildman–Crippen MR) is 81.1 cm³/mol. The fourth-order valence-corrected chi connectivity index (χ4v) is 2.89. The summed E-state index contributed by atoms with van der Waals surface area (Å²) in [6.45, 7) is 10.2. The van der Waals surface area contributed by atoms with Crippen molar-refractivity contribution < 1.29 is 4.74 Å². The molecule has 0 radical (unpaired) electrons. The van der Waals surface area contributed by atoms with Crippen molar-refractivity contribution >= 4 is 10.9 Å². The van der Waals surface area contributed by atoms with Crippen LogP contribution in [-0.2, 0) is 11.3 Å². The summed E-state index contributed by atoms with van der Waals surface area (Å²) in [6.07, 6.45) is 1.14. The molecule has 0 unspecified atom stereocenters. The van der Waals surface area contributed by atoms with E-state index in [1.165, 1.54) is 16.5 Å². The van der Waals surface area contributed by atoms with Crippen LogP contribution in [0, 0.1) is 13.8 Å². The van der Waals surface area contributed by atoms with E-state index in [-0.39, 0.29) is 0 Å². The van der Waals surface area contributed by atoms with Gasteiger partial charge >= 0.3 is 0 Å². The lowest BCUT2D eigenvalue weighted by Crippen LogP contribution is -2.37. The lowest BCUT2D eigenvalue weighted by atomic mass is 10.1. The Morgan fingerprint density at radius 3 is 2.75 bits per heavy atom. The molecule has 2 aromatic rings. The van der Waals surface area contributed by atoms with Crippen LogP contribution in [0.4, 0.5) is 0 Å². The smallest absolute Gasteiger partial charge is 0.0687 e. The Hall–Kier alpha value is -1.39. The van der Waals surface area contributed by atoms with Crippen LogP contribution in [0.5, 0.6) is 0 Å². The molecular formula is C16H23N3O. The van der Waals surface area contributed by atoms with E-state index in [0.29, 0.717) is 0 Å². The first-order valence-electron chi connectivity index (χ1n) is 7.48. The number of benzene rings is 1. The van der Waals surface area contributed by atoms with Crippen LogP contribution in [0.25, 0.3) is 10.9 Å². The van der Waals surface area contributed by atoms with Gasteiger partial charge in [0.25, 0.3) is 0 Å². The summed E-state index contributed by atoms with van der Waals surface area (Å²) < 4.78 is 7.54. The van der Waals surface area contributed by atoms with Gasteiger partial charge in [-0.05, 0) is 31.9 Å². The zero-order valence-corrected chi connectivity index (χ0v) is 12.4. The van der Waals surface area contributed by atoms with Gasteiger partial charge in [-0.3, -0.25) is 9.58 Å². The molecule has 2 heterocycles. The van der Waals surface area contributed by atoms with Crippen molar-refractivity contribution in [3.8, 4) is 0 Å². The lowest BCUT2D eigenvalue weighted by Gasteiger charge is -2.26. The molecule has 4 nitrogen and oxygen atoms in total. The molecule has 1 aliphatic rings. The molecule has 0 aliphatic carbocycles. The first-order valence-corrected chi connectivity index (χ1v) is 7.48. The van der Waals surface area contributed by atoms with Crippen molar-refractivity contribution in [1.29, 1.82) is 0 Å². The Morgan fingerprint density at radius 1 is 1.15 bits per heavy atom. The monoisotopic (exact) mass is 273 g/mol. The highest BCUT2D eigenvalue weighted by atomic mass is 16.5. The number of morpholine rings is 1. The molecular weight excluding hydrogens is 250 g/mol. The number of aromatic nitrogens is 2. The van der Waals surface area contributed by atoms with E-state index in [2.05, 4.69) is 46.7 Å². The molecule has 0 spiro atoms. The number of hydrogen-bond donors (Lipinski definition) is 0. The molecule has 4 heteroatoms. The van der Waals surface area contributed by atoms with Crippen LogP contribution >= 0.6 is 0 Å². The van der Waals surface area contributed by atoms with Crippen LogP contribution in [0.1, 0.15) is 17.7 Å². The van der Waals surface area contributed by atoms with Crippen molar-refractivity contribution in [3.05, 3.63) is 29.5 Å². The Kier molecular flexibility index (Phi) is 4.03. The molecule has 1 aliphatic heterocycles. The Labute approximate surface area is 120 Å². The quantitative estimate of drug-likeness (QED) is 0.857. The van der Waals surface area contributed by atoms with E-state index in [1.54, 1.807) is 0 Å². The van der Waals surface area contributed by atoms with Gasteiger partial charge in [0.1, 0.15) is 0 Å². The molecule has 1 saturated heterocycles. The third kappa shape index (κ3) is 2.86. The molecule has 1 aromatic carbocycles. The first-order chi connectivity index (χ1) is 9.74. The molecule has 0 N–H and O–H groups in total. The zero-order chi connectivity index (χ0) is 13.9. The molecule has 3 rings (SSSR count). The average molecular weight is 273 g/mol. The topological polar surface area (TPSA) is 30.3 Å². The van der Waals surface area contributed by atoms with Crippen molar-refractivity contribution in [2.24, 2.45) is 0 Å². The van der Waals surface area contributed by atoms with E-state index in [4.69, 9.17) is 4.74 Å². The summed E-state index contributed by atoms with van der Waals surface area (Å²) in [7, 11) is 0. The van der Waals surface area contributed by atoms with Gasteiger partial charge in [0.05, 0.1) is 24.4 Å². The number of aryl methyl sites for hydroxylation is 3. The third-order valence-electron chi connectivity index (χ3n) is 4.04. The van der Waals surface area contributed by atoms with Crippen LogP contribution in [0.2, 0.25) is 0 Å². The summed E-state index contributed by atoms with van der Waals surface area (Å²) in [5, 5.41) is 5.97. The Balaban J connectivity index is 1.66. The summed E-state index contributed by atoms with van der Waals surface area (Å²) in [6, 6.07) is 6.59. The van der Waals surface area contributed by atoms with Crippen molar-refractivity contribution in [2.45, 2.75) is 26.8 Å². The van der Waals surface area contributed by atoms with Crippen LogP contribution in [0.3, 0.4) is 0 Å². The number of nitrogens with zero attached hydrogens (tertiary/aromatic N) is 3. The minimum absolute atomic E-state index is 0.878. The van der Waals surface area contributed by atoms with Gasteiger partial charge in [0, 0.05) is 31.6 Å². The highest BCUT2D eigenvalue weighted by Gasteiger charge is 2.11.